The molecule has 0 spiro atoms. The van der Waals surface area contributed by atoms with Crippen LogP contribution in [0, 0.1) is 12.8 Å². The van der Waals surface area contributed by atoms with Crippen LogP contribution in [0.5, 0.6) is 0 Å². The second kappa shape index (κ2) is 4.20. The molecule has 1 aliphatic heterocycles. The van der Waals surface area contributed by atoms with Crippen molar-refractivity contribution in [1.82, 2.24) is 4.98 Å². The van der Waals surface area contributed by atoms with Gasteiger partial charge in [0.15, 0.2) is 15.6 Å². The Morgan fingerprint density at radius 1 is 1.37 bits per heavy atom. The molecule has 2 heterocycles. The number of carbonyl (C=O) groups is 1. The summed E-state index contributed by atoms with van der Waals surface area (Å²) in [5.41, 5.74) is 2.57. The first kappa shape index (κ1) is 12.4. The van der Waals surface area contributed by atoms with E-state index in [4.69, 9.17) is 0 Å². The van der Waals surface area contributed by atoms with Crippen LogP contribution in [0.4, 0.5) is 0 Å². The summed E-state index contributed by atoms with van der Waals surface area (Å²) in [5.74, 6) is -0.319. The highest BCUT2D eigenvalue weighted by Crippen LogP contribution is 2.28. The molecule has 2 aromatic rings. The zero-order chi connectivity index (χ0) is 13.6. The maximum absolute atomic E-state index is 12.5. The van der Waals surface area contributed by atoms with Gasteiger partial charge in [0.2, 0.25) is 0 Å². The molecule has 5 heteroatoms. The van der Waals surface area contributed by atoms with Crippen LogP contribution in [0.3, 0.4) is 0 Å². The van der Waals surface area contributed by atoms with Gasteiger partial charge in [0.25, 0.3) is 0 Å². The number of H-pyrrole nitrogens is 1. The first-order chi connectivity index (χ1) is 8.98. The Morgan fingerprint density at radius 3 is 2.84 bits per heavy atom. The van der Waals surface area contributed by atoms with Crippen molar-refractivity contribution in [2.45, 2.75) is 13.3 Å². The second-order valence-corrected chi connectivity index (χ2v) is 7.39. The molecule has 1 saturated heterocycles. The monoisotopic (exact) mass is 277 g/mol. The molecule has 0 saturated carbocycles. The van der Waals surface area contributed by atoms with E-state index in [0.717, 1.165) is 16.5 Å². The van der Waals surface area contributed by atoms with Crippen molar-refractivity contribution in [3.63, 3.8) is 0 Å². The average molecular weight is 277 g/mol. The van der Waals surface area contributed by atoms with E-state index < -0.39 is 9.84 Å². The highest BCUT2D eigenvalue weighted by atomic mass is 32.2. The van der Waals surface area contributed by atoms with Gasteiger partial charge in [-0.05, 0) is 25.0 Å². The summed E-state index contributed by atoms with van der Waals surface area (Å²) >= 11 is 0. The van der Waals surface area contributed by atoms with Crippen molar-refractivity contribution in [1.29, 1.82) is 0 Å². The van der Waals surface area contributed by atoms with E-state index >= 15 is 0 Å². The fraction of sp³-hybridized carbons (Fsp3) is 0.357. The van der Waals surface area contributed by atoms with E-state index in [0.29, 0.717) is 12.0 Å². The number of sulfone groups is 1. The van der Waals surface area contributed by atoms with Gasteiger partial charge in [-0.15, -0.1) is 0 Å². The fourth-order valence-corrected chi connectivity index (χ4v) is 4.53. The Kier molecular flexibility index (Phi) is 2.74. The minimum absolute atomic E-state index is 0.00954. The summed E-state index contributed by atoms with van der Waals surface area (Å²) in [6, 6.07) is 5.81. The summed E-state index contributed by atoms with van der Waals surface area (Å²) in [7, 11) is -3.03. The molecule has 100 valence electrons. The molecule has 1 aliphatic rings. The van der Waals surface area contributed by atoms with Gasteiger partial charge >= 0.3 is 0 Å². The lowest BCUT2D eigenvalue weighted by Crippen LogP contribution is -2.16. The van der Waals surface area contributed by atoms with E-state index in [9.17, 15) is 13.2 Å². The number of aromatic amines is 1. The van der Waals surface area contributed by atoms with E-state index in [1.165, 1.54) is 0 Å². The van der Waals surface area contributed by atoms with Gasteiger partial charge in [0.1, 0.15) is 0 Å². The number of hydrogen-bond acceptors (Lipinski definition) is 3. The maximum Gasteiger partial charge on any atom is 0.169 e. The van der Waals surface area contributed by atoms with Crippen LogP contribution < -0.4 is 0 Å². The fourth-order valence-electron chi connectivity index (χ4n) is 2.78. The third kappa shape index (κ3) is 2.08. The van der Waals surface area contributed by atoms with Crippen molar-refractivity contribution in [3.8, 4) is 0 Å². The lowest BCUT2D eigenvalue weighted by atomic mass is 9.95. The molecule has 1 fully saturated rings. The summed E-state index contributed by atoms with van der Waals surface area (Å²) < 4.78 is 23.0. The number of hydrogen-bond donors (Lipinski definition) is 1. The predicted octanol–water partition coefficient (Wildman–Crippen LogP) is 2.09. The molecule has 1 atom stereocenters. The van der Waals surface area contributed by atoms with Crippen LogP contribution in [-0.2, 0) is 9.84 Å². The summed E-state index contributed by atoms with van der Waals surface area (Å²) in [6.45, 7) is 1.96. The zero-order valence-electron chi connectivity index (χ0n) is 10.6. The Hall–Kier alpha value is -1.62. The van der Waals surface area contributed by atoms with Crippen LogP contribution in [0.25, 0.3) is 10.9 Å². The van der Waals surface area contributed by atoms with E-state index in [1.807, 2.05) is 25.1 Å². The van der Waals surface area contributed by atoms with Crippen LogP contribution in [0.1, 0.15) is 22.3 Å². The molecule has 0 amide bonds. The average Bonchev–Trinajstić information content (AvgIpc) is 2.92. The molecule has 1 aromatic carbocycles. The third-order valence-corrected chi connectivity index (χ3v) is 5.55. The number of aromatic nitrogens is 1. The molecule has 1 unspecified atom stereocenters. The van der Waals surface area contributed by atoms with E-state index in [1.54, 1.807) is 6.20 Å². The molecule has 4 nitrogen and oxygen atoms in total. The molecule has 1 aromatic heterocycles. The largest absolute Gasteiger partial charge is 0.360 e. The van der Waals surface area contributed by atoms with Gasteiger partial charge in [0, 0.05) is 28.6 Å². The lowest BCUT2D eigenvalue weighted by Gasteiger charge is -2.06. The maximum atomic E-state index is 12.5. The van der Waals surface area contributed by atoms with Crippen LogP contribution in [0.15, 0.2) is 24.4 Å². The first-order valence-electron chi connectivity index (χ1n) is 6.29. The van der Waals surface area contributed by atoms with Gasteiger partial charge in [-0.3, -0.25) is 4.79 Å². The van der Waals surface area contributed by atoms with Gasteiger partial charge < -0.3 is 4.98 Å². The van der Waals surface area contributed by atoms with Gasteiger partial charge in [-0.1, -0.05) is 12.1 Å². The molecule has 3 rings (SSSR count). The van der Waals surface area contributed by atoms with Crippen LogP contribution in [-0.4, -0.2) is 30.7 Å². The molecular weight excluding hydrogens is 262 g/mol. The quantitative estimate of drug-likeness (QED) is 0.855. The minimum Gasteiger partial charge on any atom is -0.360 e. The Balaban J connectivity index is 2.04. The Morgan fingerprint density at radius 2 is 2.16 bits per heavy atom. The standard InChI is InChI=1S/C14H15NO3S/c1-9-3-2-4-12-13(9)11(7-15-12)14(16)10-5-6-19(17,18)8-10/h2-4,7,10,15H,5-6,8H2,1H3. The normalized spacial score (nSPS) is 21.8. The number of ketones is 1. The van der Waals surface area contributed by atoms with Gasteiger partial charge in [-0.25, -0.2) is 8.42 Å². The van der Waals surface area contributed by atoms with Crippen LogP contribution >= 0.6 is 0 Å². The number of nitrogens with one attached hydrogen (secondary N) is 1. The minimum atomic E-state index is -3.03. The number of aryl methyl sites for hydroxylation is 1. The zero-order valence-corrected chi connectivity index (χ0v) is 11.5. The smallest absolute Gasteiger partial charge is 0.169 e. The van der Waals surface area contributed by atoms with Gasteiger partial charge in [0.05, 0.1) is 11.5 Å². The molecule has 19 heavy (non-hydrogen) atoms. The van der Waals surface area contributed by atoms with Crippen molar-refractivity contribution in [2.75, 3.05) is 11.5 Å². The molecule has 0 bridgehead atoms. The molecule has 1 N–H and O–H groups in total. The number of fused-ring (bicyclic) bond motifs is 1. The summed E-state index contributed by atoms with van der Waals surface area (Å²) in [4.78, 5) is 15.6. The Bertz CT molecular complexity index is 758. The second-order valence-electron chi connectivity index (χ2n) is 5.16. The topological polar surface area (TPSA) is 67.0 Å². The predicted molar refractivity (Wildman–Crippen MR) is 74.1 cm³/mol. The van der Waals surface area contributed by atoms with Gasteiger partial charge in [-0.2, -0.15) is 0 Å². The van der Waals surface area contributed by atoms with Crippen molar-refractivity contribution in [2.24, 2.45) is 5.92 Å². The number of benzene rings is 1. The Labute approximate surface area is 111 Å². The third-order valence-electron chi connectivity index (χ3n) is 3.78. The summed E-state index contributed by atoms with van der Waals surface area (Å²) in [5, 5.41) is 0.914. The highest BCUT2D eigenvalue weighted by Gasteiger charge is 2.34. The van der Waals surface area contributed by atoms with Crippen molar-refractivity contribution in [3.05, 3.63) is 35.5 Å². The molecule has 0 aliphatic carbocycles. The SMILES string of the molecule is Cc1cccc2[nH]cc(C(=O)C3CCS(=O)(=O)C3)c12. The number of Topliss-reactive ketones (excluding diaryl/α,β-unsaturated/α-hetero) is 1. The van der Waals surface area contributed by atoms with Crippen molar-refractivity contribution < 1.29 is 13.2 Å². The molecule has 0 radical (unpaired) electrons. The summed E-state index contributed by atoms with van der Waals surface area (Å²) in [6.07, 6.45) is 2.14. The lowest BCUT2D eigenvalue weighted by molar-refractivity contribution is 0.0935. The van der Waals surface area contributed by atoms with E-state index in [2.05, 4.69) is 4.98 Å². The van der Waals surface area contributed by atoms with Crippen LogP contribution in [0.2, 0.25) is 0 Å². The number of rotatable bonds is 2. The first-order valence-corrected chi connectivity index (χ1v) is 8.11. The van der Waals surface area contributed by atoms with Crippen molar-refractivity contribution >= 4 is 26.5 Å². The number of carbonyl (C=O) groups excluding carboxylic acids is 1. The van der Waals surface area contributed by atoms with E-state index in [-0.39, 0.29) is 23.2 Å². The molecular formula is C14H15NO3S. The highest BCUT2D eigenvalue weighted by molar-refractivity contribution is 7.91.